The Balaban J connectivity index is 1.03. The number of benzene rings is 8. The first-order chi connectivity index (χ1) is 28.7. The molecule has 8 aromatic carbocycles. The van der Waals surface area contributed by atoms with E-state index in [4.69, 9.17) is 9.47 Å². The van der Waals surface area contributed by atoms with E-state index in [1.807, 2.05) is 36.4 Å². The van der Waals surface area contributed by atoms with Gasteiger partial charge < -0.3 is 19.7 Å². The number of carboxylic acids is 2. The second-order valence-electron chi connectivity index (χ2n) is 15.6. The average Bonchev–Trinajstić information content (AvgIpc) is 3.58. The van der Waals surface area contributed by atoms with Crippen molar-refractivity contribution in [2.75, 3.05) is 13.2 Å². The maximum atomic E-state index is 11.3. The van der Waals surface area contributed by atoms with Crippen LogP contribution in [-0.2, 0) is 5.41 Å². The van der Waals surface area contributed by atoms with Gasteiger partial charge in [-0.1, -0.05) is 123 Å². The van der Waals surface area contributed by atoms with E-state index < -0.39 is 17.4 Å². The minimum Gasteiger partial charge on any atom is -0.493 e. The second kappa shape index (κ2) is 15.3. The quantitative estimate of drug-likeness (QED) is 0.128. The van der Waals surface area contributed by atoms with Crippen molar-refractivity contribution in [1.29, 1.82) is 0 Å². The summed E-state index contributed by atoms with van der Waals surface area (Å²) in [4.78, 5) is 22.6. The topological polar surface area (TPSA) is 93.1 Å². The Hall–Kier alpha value is -7.18. The highest BCUT2D eigenvalue weighted by atomic mass is 16.5. The Labute approximate surface area is 342 Å². The van der Waals surface area contributed by atoms with Crippen LogP contribution >= 0.6 is 0 Å². The lowest BCUT2D eigenvalue weighted by Gasteiger charge is -2.34. The van der Waals surface area contributed by atoms with Gasteiger partial charge in [0.25, 0.3) is 0 Å². The molecule has 59 heavy (non-hydrogen) atoms. The van der Waals surface area contributed by atoms with Crippen LogP contribution in [0.2, 0.25) is 0 Å². The van der Waals surface area contributed by atoms with E-state index in [0.717, 1.165) is 44.2 Å². The number of aromatic carboxylic acids is 2. The minimum absolute atomic E-state index is 0.0832. The van der Waals surface area contributed by atoms with Crippen LogP contribution in [0.1, 0.15) is 79.8 Å². The lowest BCUT2D eigenvalue weighted by molar-refractivity contribution is 0.0686. The summed E-state index contributed by atoms with van der Waals surface area (Å²) in [5, 5.41) is 22.9. The lowest BCUT2D eigenvalue weighted by Crippen LogP contribution is -2.28. The summed E-state index contributed by atoms with van der Waals surface area (Å²) in [6.07, 6.45) is 0. The molecule has 9 rings (SSSR count). The van der Waals surface area contributed by atoms with Gasteiger partial charge in [-0.05, 0) is 127 Å². The summed E-state index contributed by atoms with van der Waals surface area (Å²) in [5.74, 6) is -0.130. The van der Waals surface area contributed by atoms with Gasteiger partial charge in [0, 0.05) is 11.8 Å². The summed E-state index contributed by atoms with van der Waals surface area (Å²) in [5.41, 5.74) is 9.34. The molecular weight excluding hydrogens is 733 g/mol. The lowest BCUT2D eigenvalue weighted by atomic mass is 9.67. The van der Waals surface area contributed by atoms with Gasteiger partial charge in [0.1, 0.15) is 11.5 Å². The van der Waals surface area contributed by atoms with Gasteiger partial charge in [-0.3, -0.25) is 0 Å². The molecule has 0 heterocycles. The predicted octanol–water partition coefficient (Wildman–Crippen LogP) is 12.1. The highest BCUT2D eigenvalue weighted by molar-refractivity contribution is 5.92. The van der Waals surface area contributed by atoms with Crippen LogP contribution in [-0.4, -0.2) is 35.4 Å². The largest absolute Gasteiger partial charge is 0.493 e. The fraction of sp³-hybridized carbons (Fsp3) is 0.132. The predicted molar refractivity (Wildman–Crippen MR) is 233 cm³/mol. The Morgan fingerprint density at radius 2 is 0.847 bits per heavy atom. The van der Waals surface area contributed by atoms with Crippen molar-refractivity contribution >= 4 is 33.5 Å². The van der Waals surface area contributed by atoms with Crippen LogP contribution in [0.4, 0.5) is 0 Å². The van der Waals surface area contributed by atoms with Gasteiger partial charge >= 0.3 is 11.9 Å². The van der Waals surface area contributed by atoms with Crippen molar-refractivity contribution in [2.24, 2.45) is 0 Å². The van der Waals surface area contributed by atoms with E-state index in [9.17, 15) is 19.8 Å². The molecule has 0 amide bonds. The Bertz CT molecular complexity index is 2680. The van der Waals surface area contributed by atoms with Crippen LogP contribution in [0.15, 0.2) is 170 Å². The summed E-state index contributed by atoms with van der Waals surface area (Å²) in [7, 11) is 0. The number of hydrogen-bond acceptors (Lipinski definition) is 4. The molecule has 290 valence electrons. The smallest absolute Gasteiger partial charge is 0.335 e. The van der Waals surface area contributed by atoms with Gasteiger partial charge in [-0.25, -0.2) is 9.59 Å². The number of carboxylic acid groups (broad SMARTS) is 2. The fourth-order valence-electron chi connectivity index (χ4n) is 8.66. The molecule has 0 fully saturated rings. The summed E-state index contributed by atoms with van der Waals surface area (Å²) >= 11 is 0. The SMILES string of the molecule is CC(COc1ccc2cc(C3(c4ccc5cc(OCC(C)c6ccc(C(=O)O)cc6)ccc5c4)c4ccccc4-c4ccccc43)ccc2c1)c1ccc(C(=O)O)cc1. The van der Waals surface area contributed by atoms with Crippen molar-refractivity contribution in [3.63, 3.8) is 0 Å². The van der Waals surface area contributed by atoms with Gasteiger partial charge in [-0.2, -0.15) is 0 Å². The second-order valence-corrected chi connectivity index (χ2v) is 15.6. The van der Waals surface area contributed by atoms with Crippen LogP contribution in [0, 0.1) is 0 Å². The normalized spacial score (nSPS) is 13.7. The monoisotopic (exact) mass is 774 g/mol. The molecule has 0 aromatic heterocycles. The number of carbonyl (C=O) groups is 2. The third kappa shape index (κ3) is 6.87. The minimum atomic E-state index is -0.933. The molecule has 1 aliphatic carbocycles. The van der Waals surface area contributed by atoms with Crippen molar-refractivity contribution in [1.82, 2.24) is 0 Å². The Morgan fingerprint density at radius 1 is 0.475 bits per heavy atom. The maximum absolute atomic E-state index is 11.3. The number of fused-ring (bicyclic) bond motifs is 5. The van der Waals surface area contributed by atoms with Crippen molar-refractivity contribution in [3.8, 4) is 22.6 Å². The van der Waals surface area contributed by atoms with Crippen LogP contribution in [0.5, 0.6) is 11.5 Å². The molecule has 8 aromatic rings. The van der Waals surface area contributed by atoms with Crippen molar-refractivity contribution in [3.05, 3.63) is 214 Å². The first-order valence-electron chi connectivity index (χ1n) is 19.9. The highest BCUT2D eigenvalue weighted by Gasteiger charge is 2.46. The molecule has 2 atom stereocenters. The molecule has 2 N–H and O–H groups in total. The molecule has 6 heteroatoms. The molecule has 0 bridgehead atoms. The van der Waals surface area contributed by atoms with Crippen molar-refractivity contribution < 1.29 is 29.3 Å². The zero-order valence-electron chi connectivity index (χ0n) is 32.8. The molecule has 0 saturated carbocycles. The third-order valence-electron chi connectivity index (χ3n) is 11.9. The third-order valence-corrected chi connectivity index (χ3v) is 11.9. The van der Waals surface area contributed by atoms with E-state index in [1.165, 1.54) is 33.4 Å². The zero-order valence-corrected chi connectivity index (χ0v) is 32.8. The van der Waals surface area contributed by atoms with Gasteiger partial charge in [0.05, 0.1) is 29.8 Å². The first kappa shape index (κ1) is 37.4. The van der Waals surface area contributed by atoms with Gasteiger partial charge in [-0.15, -0.1) is 0 Å². The van der Waals surface area contributed by atoms with E-state index in [0.29, 0.717) is 13.2 Å². The highest BCUT2D eigenvalue weighted by Crippen LogP contribution is 2.56. The Kier molecular flexibility index (Phi) is 9.69. The maximum Gasteiger partial charge on any atom is 0.335 e. The van der Waals surface area contributed by atoms with E-state index >= 15 is 0 Å². The zero-order chi connectivity index (χ0) is 40.7. The summed E-state index contributed by atoms with van der Waals surface area (Å²) in [6, 6.07) is 57.5. The first-order valence-corrected chi connectivity index (χ1v) is 19.9. The summed E-state index contributed by atoms with van der Waals surface area (Å²) < 4.78 is 12.6. The van der Waals surface area contributed by atoms with Gasteiger partial charge in [0.15, 0.2) is 0 Å². The fourth-order valence-corrected chi connectivity index (χ4v) is 8.66. The van der Waals surface area contributed by atoms with E-state index in [2.05, 4.69) is 123 Å². The number of hydrogen-bond donors (Lipinski definition) is 2. The molecule has 0 spiro atoms. The molecule has 0 radical (unpaired) electrons. The Morgan fingerprint density at radius 3 is 1.25 bits per heavy atom. The number of ether oxygens (including phenoxy) is 2. The molecule has 6 nitrogen and oxygen atoms in total. The average molecular weight is 775 g/mol. The van der Waals surface area contributed by atoms with Crippen LogP contribution in [0.25, 0.3) is 32.7 Å². The van der Waals surface area contributed by atoms with E-state index in [-0.39, 0.29) is 23.0 Å². The molecule has 1 aliphatic rings. The van der Waals surface area contributed by atoms with Crippen LogP contribution < -0.4 is 9.47 Å². The van der Waals surface area contributed by atoms with Gasteiger partial charge in [0.2, 0.25) is 0 Å². The van der Waals surface area contributed by atoms with Crippen molar-refractivity contribution in [2.45, 2.75) is 31.1 Å². The summed E-state index contributed by atoms with van der Waals surface area (Å²) in [6.45, 7) is 5.08. The van der Waals surface area contributed by atoms with E-state index in [1.54, 1.807) is 24.3 Å². The molecule has 0 saturated heterocycles. The molecule has 2 unspecified atom stereocenters. The number of rotatable bonds is 12. The van der Waals surface area contributed by atoms with Crippen LogP contribution in [0.3, 0.4) is 0 Å². The molecule has 0 aliphatic heterocycles. The molecular formula is C53H42O6. The standard InChI is InChI=1S/C53H42O6/c1-33(35-11-15-37(16-12-35)51(54)55)31-58-45-25-21-39-27-43(23-19-41(39)29-45)53(49-9-5-3-7-47(49)48-8-4-6-10-50(48)53)44-24-20-42-30-46(26-22-40(42)28-44)59-32-34(2)36-13-17-38(18-14-36)52(56)57/h3-30,33-34H,31-32H2,1-2H3,(H,54,55)(H,56,57).